The van der Waals surface area contributed by atoms with Gasteiger partial charge in [-0.1, -0.05) is 48.5 Å². The summed E-state index contributed by atoms with van der Waals surface area (Å²) in [5.74, 6) is -0.960. The molecule has 0 saturated heterocycles. The summed E-state index contributed by atoms with van der Waals surface area (Å²) in [6.07, 6.45) is 1.81. The van der Waals surface area contributed by atoms with Gasteiger partial charge in [-0.05, 0) is 42.3 Å². The lowest BCUT2D eigenvalue weighted by molar-refractivity contribution is 0.0698. The fourth-order valence-electron chi connectivity index (χ4n) is 3.98. The van der Waals surface area contributed by atoms with Crippen molar-refractivity contribution in [3.05, 3.63) is 95.7 Å². The lowest BCUT2D eigenvalue weighted by Gasteiger charge is -2.10. The molecule has 0 aliphatic carbocycles. The molecule has 0 amide bonds. The van der Waals surface area contributed by atoms with Gasteiger partial charge in [-0.15, -0.1) is 0 Å². The molecule has 3 aromatic carbocycles. The number of carbonyl (C=O) groups is 1. The van der Waals surface area contributed by atoms with E-state index in [2.05, 4.69) is 34.6 Å². The van der Waals surface area contributed by atoms with E-state index in [1.165, 1.54) is 0 Å². The highest BCUT2D eigenvalue weighted by Crippen LogP contribution is 2.36. The van der Waals surface area contributed by atoms with Crippen molar-refractivity contribution >= 4 is 33.7 Å². The van der Waals surface area contributed by atoms with Gasteiger partial charge < -0.3 is 14.8 Å². The van der Waals surface area contributed by atoms with Crippen molar-refractivity contribution in [3.8, 4) is 11.1 Å². The van der Waals surface area contributed by atoms with Gasteiger partial charge in [0.25, 0.3) is 0 Å². The van der Waals surface area contributed by atoms with E-state index in [1.54, 1.807) is 18.2 Å². The maximum atomic E-state index is 11.5. The molecule has 0 fully saturated rings. The van der Waals surface area contributed by atoms with Crippen LogP contribution in [0.4, 0.5) is 5.69 Å². The lowest BCUT2D eigenvalue weighted by atomic mass is 10.0. The van der Waals surface area contributed by atoms with E-state index >= 15 is 0 Å². The molecule has 2 aromatic heterocycles. The number of aryl methyl sites for hydroxylation is 1. The molecular formula is C26H20N2O3. The van der Waals surface area contributed by atoms with Gasteiger partial charge in [0.05, 0.1) is 5.56 Å². The number of carboxylic acid groups (broad SMARTS) is 1. The Bertz CT molecular complexity index is 1420. The molecular weight excluding hydrogens is 388 g/mol. The van der Waals surface area contributed by atoms with E-state index in [-0.39, 0.29) is 5.56 Å². The molecule has 0 aliphatic rings. The zero-order chi connectivity index (χ0) is 21.4. The molecule has 0 bridgehead atoms. The molecule has 0 atom stereocenters. The van der Waals surface area contributed by atoms with Gasteiger partial charge in [0.1, 0.15) is 11.1 Å². The molecule has 2 N–H and O–H groups in total. The van der Waals surface area contributed by atoms with Crippen LogP contribution in [0.15, 0.2) is 83.4 Å². The minimum absolute atomic E-state index is 0.240. The number of pyridine rings is 1. The number of aromatic nitrogens is 1. The van der Waals surface area contributed by atoms with Crippen molar-refractivity contribution in [1.29, 1.82) is 0 Å². The van der Waals surface area contributed by atoms with Crippen LogP contribution in [0.1, 0.15) is 21.5 Å². The quantitative estimate of drug-likeness (QED) is 0.359. The summed E-state index contributed by atoms with van der Waals surface area (Å²) in [7, 11) is 0. The summed E-state index contributed by atoms with van der Waals surface area (Å²) in [6.45, 7) is 2.47. The van der Waals surface area contributed by atoms with E-state index in [0.29, 0.717) is 12.2 Å². The van der Waals surface area contributed by atoms with Crippen LogP contribution in [0.5, 0.6) is 0 Å². The van der Waals surface area contributed by atoms with Gasteiger partial charge in [0.2, 0.25) is 0 Å². The highest BCUT2D eigenvalue weighted by atomic mass is 16.4. The largest absolute Gasteiger partial charge is 0.478 e. The summed E-state index contributed by atoms with van der Waals surface area (Å²) in [6, 6.07) is 23.1. The Morgan fingerprint density at radius 1 is 1.00 bits per heavy atom. The average Bonchev–Trinajstić information content (AvgIpc) is 3.17. The second-order valence-corrected chi connectivity index (χ2v) is 7.51. The van der Waals surface area contributed by atoms with Gasteiger partial charge in [-0.2, -0.15) is 0 Å². The molecule has 152 valence electrons. The predicted molar refractivity (Wildman–Crippen MR) is 122 cm³/mol. The first kappa shape index (κ1) is 18.9. The Morgan fingerprint density at radius 2 is 1.77 bits per heavy atom. The Labute approximate surface area is 179 Å². The fraction of sp³-hybridized carbons (Fsp3) is 0.0769. The lowest BCUT2D eigenvalue weighted by Crippen LogP contribution is -2.06. The highest BCUT2D eigenvalue weighted by Gasteiger charge is 2.17. The van der Waals surface area contributed by atoms with Crippen molar-refractivity contribution in [2.75, 3.05) is 5.32 Å². The molecule has 2 heterocycles. The number of para-hydroxylation sites is 1. The van der Waals surface area contributed by atoms with Crippen molar-refractivity contribution in [3.63, 3.8) is 0 Å². The van der Waals surface area contributed by atoms with Gasteiger partial charge in [-0.25, -0.2) is 4.79 Å². The molecule has 0 saturated carbocycles. The molecule has 5 heteroatoms. The first-order valence-electron chi connectivity index (χ1n) is 10.0. The van der Waals surface area contributed by atoms with E-state index in [4.69, 9.17) is 4.42 Å². The summed E-state index contributed by atoms with van der Waals surface area (Å²) < 4.78 is 6.37. The normalized spacial score (nSPS) is 11.1. The number of nitrogens with one attached hydrogen (secondary N) is 1. The minimum Gasteiger partial charge on any atom is -0.478 e. The van der Waals surface area contributed by atoms with Crippen molar-refractivity contribution in [1.82, 2.24) is 4.98 Å². The van der Waals surface area contributed by atoms with E-state index < -0.39 is 5.97 Å². The summed E-state index contributed by atoms with van der Waals surface area (Å²) in [5.41, 5.74) is 7.26. The number of fused-ring (bicyclic) bond motifs is 3. The topological polar surface area (TPSA) is 75.4 Å². The third-order valence-electron chi connectivity index (χ3n) is 5.39. The SMILES string of the molecule is Cc1cc(CNc2ccccc2C(=O)O)c2oc3c(-c4ccccc4)ccnc3c2c1. The van der Waals surface area contributed by atoms with Crippen molar-refractivity contribution in [2.24, 2.45) is 0 Å². The third-order valence-corrected chi connectivity index (χ3v) is 5.39. The number of carboxylic acids is 1. The number of rotatable bonds is 5. The summed E-state index contributed by atoms with van der Waals surface area (Å²) in [4.78, 5) is 16.1. The fourth-order valence-corrected chi connectivity index (χ4v) is 3.98. The smallest absolute Gasteiger partial charge is 0.337 e. The van der Waals surface area contributed by atoms with Gasteiger partial charge in [0, 0.05) is 34.9 Å². The van der Waals surface area contributed by atoms with Crippen LogP contribution < -0.4 is 5.32 Å². The number of benzene rings is 3. The molecule has 0 radical (unpaired) electrons. The highest BCUT2D eigenvalue weighted by molar-refractivity contribution is 6.08. The van der Waals surface area contributed by atoms with Crippen molar-refractivity contribution in [2.45, 2.75) is 13.5 Å². The van der Waals surface area contributed by atoms with Crippen molar-refractivity contribution < 1.29 is 14.3 Å². The second kappa shape index (κ2) is 7.61. The predicted octanol–water partition coefficient (Wildman–Crippen LogP) is 6.27. The molecule has 0 unspecified atom stereocenters. The number of nitrogens with zero attached hydrogens (tertiary/aromatic N) is 1. The van der Waals surface area contributed by atoms with Crippen LogP contribution in [0.3, 0.4) is 0 Å². The summed E-state index contributed by atoms with van der Waals surface area (Å²) >= 11 is 0. The molecule has 0 spiro atoms. The maximum absolute atomic E-state index is 11.5. The Balaban J connectivity index is 1.62. The molecule has 5 rings (SSSR count). The first-order valence-corrected chi connectivity index (χ1v) is 10.0. The Kier molecular flexibility index (Phi) is 4.64. The zero-order valence-electron chi connectivity index (χ0n) is 16.9. The molecule has 31 heavy (non-hydrogen) atoms. The van der Waals surface area contributed by atoms with Crippen LogP contribution in [0.2, 0.25) is 0 Å². The molecule has 0 aliphatic heterocycles. The molecule has 5 aromatic rings. The Hall–Kier alpha value is -4.12. The van der Waals surface area contributed by atoms with Gasteiger partial charge >= 0.3 is 5.97 Å². The van der Waals surface area contributed by atoms with Crippen LogP contribution in [0.25, 0.3) is 33.2 Å². The number of anilines is 1. The monoisotopic (exact) mass is 408 g/mol. The van der Waals surface area contributed by atoms with E-state index in [9.17, 15) is 9.90 Å². The second-order valence-electron chi connectivity index (χ2n) is 7.51. The minimum atomic E-state index is -0.960. The number of furan rings is 1. The number of aromatic carboxylic acids is 1. The van der Waals surface area contributed by atoms with Crippen LogP contribution in [0, 0.1) is 6.92 Å². The standard InChI is InChI=1S/C26H20N2O3/c1-16-13-18(15-28-22-10-6-5-9-20(22)26(29)30)24-21(14-16)23-25(31-24)19(11-12-27-23)17-7-3-2-4-8-17/h2-14,28H,15H2,1H3,(H,29,30). The van der Waals surface area contributed by atoms with Gasteiger partial charge in [-0.3, -0.25) is 4.98 Å². The number of hydrogen-bond acceptors (Lipinski definition) is 4. The maximum Gasteiger partial charge on any atom is 0.337 e. The van der Waals surface area contributed by atoms with Crippen LogP contribution in [-0.4, -0.2) is 16.1 Å². The Morgan fingerprint density at radius 3 is 2.58 bits per heavy atom. The zero-order valence-corrected chi connectivity index (χ0v) is 16.9. The molecule has 5 nitrogen and oxygen atoms in total. The van der Waals surface area contributed by atoms with Crippen LogP contribution >= 0.6 is 0 Å². The van der Waals surface area contributed by atoms with E-state index in [0.717, 1.165) is 44.3 Å². The average molecular weight is 408 g/mol. The van der Waals surface area contributed by atoms with E-state index in [1.807, 2.05) is 43.5 Å². The first-order chi connectivity index (χ1) is 15.1. The van der Waals surface area contributed by atoms with Crippen LogP contribution in [-0.2, 0) is 6.54 Å². The summed E-state index contributed by atoms with van der Waals surface area (Å²) in [5, 5.41) is 13.7. The van der Waals surface area contributed by atoms with Gasteiger partial charge in [0.15, 0.2) is 5.58 Å². The third kappa shape index (κ3) is 3.40. The number of hydrogen-bond donors (Lipinski definition) is 2.